The highest BCUT2D eigenvalue weighted by Crippen LogP contribution is 2.30. The highest BCUT2D eigenvalue weighted by atomic mass is 16.6. The minimum absolute atomic E-state index is 0.0201. The fourth-order valence-corrected chi connectivity index (χ4v) is 1.90. The monoisotopic (exact) mass is 279 g/mol. The van der Waals surface area contributed by atoms with E-state index in [1.165, 1.54) is 0 Å². The van der Waals surface area contributed by atoms with Crippen molar-refractivity contribution in [1.82, 2.24) is 5.32 Å². The summed E-state index contributed by atoms with van der Waals surface area (Å²) in [5, 5.41) is 11.3. The fraction of sp³-hybridized carbons (Fsp3) is 0.429. The normalized spacial score (nSPS) is 18.1. The molecule has 1 aromatic carbocycles. The van der Waals surface area contributed by atoms with Gasteiger partial charge in [-0.3, -0.25) is 9.59 Å². The average molecular weight is 279 g/mol. The second-order valence-corrected chi connectivity index (χ2v) is 4.71. The number of carbonyl (C=O) groups excluding carboxylic acids is 1. The Morgan fingerprint density at radius 3 is 2.80 bits per heavy atom. The van der Waals surface area contributed by atoms with Gasteiger partial charge in [-0.15, -0.1) is 0 Å². The van der Waals surface area contributed by atoms with Crippen LogP contribution in [0.4, 0.5) is 0 Å². The second-order valence-electron chi connectivity index (χ2n) is 4.71. The van der Waals surface area contributed by atoms with Gasteiger partial charge < -0.3 is 19.9 Å². The van der Waals surface area contributed by atoms with E-state index in [1.54, 1.807) is 25.1 Å². The maximum absolute atomic E-state index is 12.0. The molecule has 1 heterocycles. The molecule has 2 atom stereocenters. The summed E-state index contributed by atoms with van der Waals surface area (Å²) in [7, 11) is 0. The Kier molecular flexibility index (Phi) is 4.45. The lowest BCUT2D eigenvalue weighted by Gasteiger charge is -2.26. The van der Waals surface area contributed by atoms with Gasteiger partial charge >= 0.3 is 5.97 Å². The van der Waals surface area contributed by atoms with Crippen molar-refractivity contribution < 1.29 is 24.2 Å². The third-order valence-electron chi connectivity index (χ3n) is 2.98. The minimum atomic E-state index is -0.878. The summed E-state index contributed by atoms with van der Waals surface area (Å²) in [5.74, 6) is -0.0118. The number of carboxylic acid groups (broad SMARTS) is 1. The van der Waals surface area contributed by atoms with Gasteiger partial charge in [0, 0.05) is 12.5 Å². The summed E-state index contributed by atoms with van der Waals surface area (Å²) in [6.45, 7) is 1.91. The van der Waals surface area contributed by atoms with Crippen LogP contribution in [-0.4, -0.2) is 35.7 Å². The summed E-state index contributed by atoms with van der Waals surface area (Å²) >= 11 is 0. The lowest BCUT2D eigenvalue weighted by Crippen LogP contribution is -2.47. The number of hydrogen-bond acceptors (Lipinski definition) is 4. The summed E-state index contributed by atoms with van der Waals surface area (Å²) in [6, 6.07) is 6.93. The number of benzene rings is 1. The van der Waals surface area contributed by atoms with E-state index in [4.69, 9.17) is 14.6 Å². The Hall–Kier alpha value is -2.24. The first kappa shape index (κ1) is 14.2. The van der Waals surface area contributed by atoms with Crippen LogP contribution in [0.1, 0.15) is 19.8 Å². The summed E-state index contributed by atoms with van der Waals surface area (Å²) in [5.41, 5.74) is 0. The van der Waals surface area contributed by atoms with Gasteiger partial charge in [-0.25, -0.2) is 0 Å². The molecule has 1 amide bonds. The van der Waals surface area contributed by atoms with Crippen LogP contribution in [0.2, 0.25) is 0 Å². The molecule has 6 heteroatoms. The third kappa shape index (κ3) is 3.63. The van der Waals surface area contributed by atoms with Crippen LogP contribution in [0.25, 0.3) is 0 Å². The number of para-hydroxylation sites is 2. The predicted octanol–water partition coefficient (Wildman–Crippen LogP) is 1.20. The molecule has 0 aromatic heterocycles. The Balaban J connectivity index is 1.87. The van der Waals surface area contributed by atoms with Crippen LogP contribution in [-0.2, 0) is 9.59 Å². The molecule has 0 spiro atoms. The van der Waals surface area contributed by atoms with Gasteiger partial charge in [0.05, 0.1) is 0 Å². The predicted molar refractivity (Wildman–Crippen MR) is 70.8 cm³/mol. The largest absolute Gasteiger partial charge is 0.485 e. The van der Waals surface area contributed by atoms with Gasteiger partial charge in [0.15, 0.2) is 11.5 Å². The summed E-state index contributed by atoms with van der Waals surface area (Å²) in [4.78, 5) is 22.5. The van der Waals surface area contributed by atoms with Crippen LogP contribution in [0.3, 0.4) is 0 Å². The van der Waals surface area contributed by atoms with Crippen LogP contribution in [0.5, 0.6) is 11.5 Å². The van der Waals surface area contributed by atoms with E-state index in [0.29, 0.717) is 17.9 Å². The quantitative estimate of drug-likeness (QED) is 0.846. The first-order chi connectivity index (χ1) is 9.56. The zero-order chi connectivity index (χ0) is 14.5. The molecular weight excluding hydrogens is 262 g/mol. The molecule has 2 N–H and O–H groups in total. The van der Waals surface area contributed by atoms with Crippen LogP contribution >= 0.6 is 0 Å². The van der Waals surface area contributed by atoms with Gasteiger partial charge in [0.25, 0.3) is 5.91 Å². The Morgan fingerprint density at radius 1 is 1.40 bits per heavy atom. The van der Waals surface area contributed by atoms with Crippen molar-refractivity contribution in [2.45, 2.75) is 31.9 Å². The highest BCUT2D eigenvalue weighted by Gasteiger charge is 2.27. The highest BCUT2D eigenvalue weighted by molar-refractivity contribution is 5.82. The molecule has 2 rings (SSSR count). The van der Waals surface area contributed by atoms with E-state index in [-0.39, 0.29) is 25.0 Å². The molecule has 1 aliphatic rings. The maximum atomic E-state index is 12.0. The summed E-state index contributed by atoms with van der Waals surface area (Å²) < 4.78 is 11.0. The topological polar surface area (TPSA) is 84.9 Å². The third-order valence-corrected chi connectivity index (χ3v) is 2.98. The molecule has 0 saturated carbocycles. The van der Waals surface area contributed by atoms with Gasteiger partial charge in [0.1, 0.15) is 6.61 Å². The molecule has 0 radical (unpaired) electrons. The van der Waals surface area contributed by atoms with Crippen LogP contribution < -0.4 is 14.8 Å². The standard InChI is InChI=1S/C14H17NO5/c1-9(6-7-13(16)17)15-14(18)12-8-19-10-4-2-3-5-11(10)20-12/h2-5,9,12H,6-8H2,1H3,(H,15,18)(H,16,17). The van der Waals surface area contributed by atoms with Crippen molar-refractivity contribution in [3.63, 3.8) is 0 Å². The van der Waals surface area contributed by atoms with E-state index < -0.39 is 12.1 Å². The number of fused-ring (bicyclic) bond motifs is 1. The molecule has 0 aliphatic carbocycles. The van der Waals surface area contributed by atoms with Gasteiger partial charge in [-0.2, -0.15) is 0 Å². The molecule has 2 unspecified atom stereocenters. The average Bonchev–Trinajstić information content (AvgIpc) is 2.44. The molecule has 20 heavy (non-hydrogen) atoms. The number of rotatable bonds is 5. The number of hydrogen-bond donors (Lipinski definition) is 2. The summed E-state index contributed by atoms with van der Waals surface area (Å²) in [6.07, 6.45) is -0.311. The maximum Gasteiger partial charge on any atom is 0.303 e. The van der Waals surface area contributed by atoms with E-state index >= 15 is 0 Å². The molecule has 1 aliphatic heterocycles. The van der Waals surface area contributed by atoms with Gasteiger partial charge in [0.2, 0.25) is 6.10 Å². The smallest absolute Gasteiger partial charge is 0.303 e. The van der Waals surface area contributed by atoms with Gasteiger partial charge in [-0.1, -0.05) is 12.1 Å². The second kappa shape index (κ2) is 6.27. The van der Waals surface area contributed by atoms with Gasteiger partial charge in [-0.05, 0) is 25.5 Å². The number of carbonyl (C=O) groups is 2. The Morgan fingerprint density at radius 2 is 2.10 bits per heavy atom. The van der Waals surface area contributed by atoms with Crippen molar-refractivity contribution >= 4 is 11.9 Å². The van der Waals surface area contributed by atoms with Crippen molar-refractivity contribution in [3.05, 3.63) is 24.3 Å². The molecule has 0 saturated heterocycles. The lowest BCUT2D eigenvalue weighted by atomic mass is 10.1. The number of amides is 1. The molecule has 0 bridgehead atoms. The fourth-order valence-electron chi connectivity index (χ4n) is 1.90. The van der Waals surface area contributed by atoms with Crippen molar-refractivity contribution in [2.24, 2.45) is 0 Å². The Labute approximate surface area is 116 Å². The molecule has 0 fully saturated rings. The zero-order valence-electron chi connectivity index (χ0n) is 11.2. The van der Waals surface area contributed by atoms with E-state index in [9.17, 15) is 9.59 Å². The number of ether oxygens (including phenoxy) is 2. The molecule has 1 aromatic rings. The zero-order valence-corrected chi connectivity index (χ0v) is 11.2. The van der Waals surface area contributed by atoms with Crippen LogP contribution in [0.15, 0.2) is 24.3 Å². The molecule has 108 valence electrons. The first-order valence-corrected chi connectivity index (χ1v) is 6.47. The lowest BCUT2D eigenvalue weighted by molar-refractivity contribution is -0.138. The Bertz CT molecular complexity index is 502. The van der Waals surface area contributed by atoms with E-state index in [0.717, 1.165) is 0 Å². The van der Waals surface area contributed by atoms with Crippen molar-refractivity contribution in [3.8, 4) is 11.5 Å². The van der Waals surface area contributed by atoms with E-state index in [1.807, 2.05) is 6.07 Å². The number of nitrogens with one attached hydrogen (secondary N) is 1. The van der Waals surface area contributed by atoms with E-state index in [2.05, 4.69) is 5.32 Å². The SMILES string of the molecule is CC(CCC(=O)O)NC(=O)C1COc2ccccc2O1. The van der Waals surface area contributed by atoms with Crippen molar-refractivity contribution in [1.29, 1.82) is 0 Å². The number of carboxylic acids is 1. The molecule has 6 nitrogen and oxygen atoms in total. The minimum Gasteiger partial charge on any atom is -0.485 e. The first-order valence-electron chi connectivity index (χ1n) is 6.47. The van der Waals surface area contributed by atoms with Crippen molar-refractivity contribution in [2.75, 3.05) is 6.61 Å². The number of aliphatic carboxylic acids is 1. The van der Waals surface area contributed by atoms with Crippen LogP contribution in [0, 0.1) is 0 Å². The molecular formula is C14H17NO5.